The molecule has 0 unspecified atom stereocenters. The molecule has 7 nitrogen and oxygen atoms in total. The van der Waals surface area contributed by atoms with Gasteiger partial charge in [0.05, 0.1) is 20.1 Å². The zero-order chi connectivity index (χ0) is 25.3. The van der Waals surface area contributed by atoms with Crippen LogP contribution in [0.1, 0.15) is 29.5 Å². The molecule has 0 radical (unpaired) electrons. The standard InChI is InChI=1S/C29H29NO6/c1-4-33-27-15-14-25(16-23(27)17-28(31)32-3)34-18-21-10-12-24(13-11-21)35-19-26-20(2)36-29(30-26)22-8-6-5-7-9-22/h5-16H,4,17-19H2,1-3H3. The van der Waals surface area contributed by atoms with Gasteiger partial charge in [0.15, 0.2) is 0 Å². The van der Waals surface area contributed by atoms with Gasteiger partial charge in [0.1, 0.15) is 41.9 Å². The molecule has 0 saturated carbocycles. The van der Waals surface area contributed by atoms with E-state index < -0.39 is 0 Å². The highest BCUT2D eigenvalue weighted by Gasteiger charge is 2.13. The zero-order valence-electron chi connectivity index (χ0n) is 20.7. The predicted octanol–water partition coefficient (Wildman–Crippen LogP) is 5.92. The van der Waals surface area contributed by atoms with Crippen LogP contribution in [0, 0.1) is 6.92 Å². The van der Waals surface area contributed by atoms with Crippen molar-refractivity contribution in [2.45, 2.75) is 33.5 Å². The topological polar surface area (TPSA) is 80.0 Å². The molecule has 0 aliphatic rings. The van der Waals surface area contributed by atoms with Crippen LogP contribution in [0.3, 0.4) is 0 Å². The third-order valence-electron chi connectivity index (χ3n) is 5.51. The van der Waals surface area contributed by atoms with Gasteiger partial charge in [0.2, 0.25) is 5.89 Å². The Balaban J connectivity index is 1.34. The van der Waals surface area contributed by atoms with Crippen molar-refractivity contribution in [2.24, 2.45) is 0 Å². The summed E-state index contributed by atoms with van der Waals surface area (Å²) >= 11 is 0. The quantitative estimate of drug-likeness (QED) is 0.243. The number of carbonyl (C=O) groups is 1. The summed E-state index contributed by atoms with van der Waals surface area (Å²) < 4.78 is 28.1. The summed E-state index contributed by atoms with van der Waals surface area (Å²) in [5, 5.41) is 0. The Labute approximate surface area is 210 Å². The minimum Gasteiger partial charge on any atom is -0.494 e. The molecule has 36 heavy (non-hydrogen) atoms. The minimum absolute atomic E-state index is 0.118. The molecule has 0 bridgehead atoms. The van der Waals surface area contributed by atoms with Gasteiger partial charge in [-0.1, -0.05) is 30.3 Å². The first-order valence-electron chi connectivity index (χ1n) is 11.7. The normalized spacial score (nSPS) is 10.6. The van der Waals surface area contributed by atoms with Crippen molar-refractivity contribution >= 4 is 5.97 Å². The van der Waals surface area contributed by atoms with Crippen molar-refractivity contribution in [3.8, 4) is 28.7 Å². The highest BCUT2D eigenvalue weighted by Crippen LogP contribution is 2.27. The fourth-order valence-electron chi connectivity index (χ4n) is 3.57. The summed E-state index contributed by atoms with van der Waals surface area (Å²) in [5.41, 5.74) is 3.40. The van der Waals surface area contributed by atoms with Gasteiger partial charge in [-0.25, -0.2) is 4.98 Å². The van der Waals surface area contributed by atoms with Gasteiger partial charge in [-0.15, -0.1) is 0 Å². The maximum Gasteiger partial charge on any atom is 0.310 e. The Bertz CT molecular complexity index is 1280. The van der Waals surface area contributed by atoms with Crippen LogP contribution < -0.4 is 14.2 Å². The first kappa shape index (κ1) is 24.9. The van der Waals surface area contributed by atoms with Crippen LogP contribution in [-0.2, 0) is 29.2 Å². The number of aryl methyl sites for hydroxylation is 1. The second kappa shape index (κ2) is 11.9. The highest BCUT2D eigenvalue weighted by atomic mass is 16.5. The molecule has 4 rings (SSSR count). The van der Waals surface area contributed by atoms with Gasteiger partial charge in [0.25, 0.3) is 0 Å². The molecule has 4 aromatic rings. The first-order valence-corrected chi connectivity index (χ1v) is 11.7. The summed E-state index contributed by atoms with van der Waals surface area (Å²) in [5.74, 6) is 3.01. The fourth-order valence-corrected chi connectivity index (χ4v) is 3.57. The predicted molar refractivity (Wildman–Crippen MR) is 135 cm³/mol. The van der Waals surface area contributed by atoms with Crippen LogP contribution in [0.25, 0.3) is 11.5 Å². The molecule has 1 heterocycles. The number of esters is 1. The second-order valence-electron chi connectivity index (χ2n) is 8.06. The maximum absolute atomic E-state index is 11.7. The monoisotopic (exact) mass is 487 g/mol. The molecule has 0 spiro atoms. The van der Waals surface area contributed by atoms with Crippen LogP contribution in [0.4, 0.5) is 0 Å². The van der Waals surface area contributed by atoms with Crippen molar-refractivity contribution in [3.63, 3.8) is 0 Å². The molecule has 0 atom stereocenters. The summed E-state index contributed by atoms with van der Waals surface area (Å²) in [6.07, 6.45) is 0.118. The molecular formula is C29H29NO6. The van der Waals surface area contributed by atoms with Crippen molar-refractivity contribution in [3.05, 3.63) is 95.4 Å². The third kappa shape index (κ3) is 6.44. The van der Waals surface area contributed by atoms with Gasteiger partial charge >= 0.3 is 5.97 Å². The average molecular weight is 488 g/mol. The molecule has 7 heteroatoms. The fraction of sp³-hybridized carbons (Fsp3) is 0.241. The number of oxazole rings is 1. The number of hydrogen-bond donors (Lipinski definition) is 0. The van der Waals surface area contributed by atoms with Gasteiger partial charge in [-0.3, -0.25) is 4.79 Å². The summed E-state index contributed by atoms with van der Waals surface area (Å²) in [7, 11) is 1.37. The van der Waals surface area contributed by atoms with E-state index in [9.17, 15) is 4.79 Å². The number of nitrogens with zero attached hydrogens (tertiary/aromatic N) is 1. The highest BCUT2D eigenvalue weighted by molar-refractivity contribution is 5.73. The van der Waals surface area contributed by atoms with Crippen LogP contribution in [0.15, 0.2) is 77.2 Å². The lowest BCUT2D eigenvalue weighted by atomic mass is 10.1. The summed E-state index contributed by atoms with van der Waals surface area (Å²) in [6.45, 7) is 4.97. The minimum atomic E-state index is -0.333. The first-order chi connectivity index (χ1) is 17.6. The Morgan fingerprint density at radius 2 is 1.61 bits per heavy atom. The van der Waals surface area contributed by atoms with E-state index in [1.54, 1.807) is 0 Å². The van der Waals surface area contributed by atoms with Crippen LogP contribution >= 0.6 is 0 Å². The summed E-state index contributed by atoms with van der Waals surface area (Å²) in [6, 6.07) is 22.9. The van der Waals surface area contributed by atoms with E-state index in [1.165, 1.54) is 7.11 Å². The van der Waals surface area contributed by atoms with Gasteiger partial charge in [-0.2, -0.15) is 0 Å². The van der Waals surface area contributed by atoms with E-state index in [2.05, 4.69) is 4.98 Å². The number of carbonyl (C=O) groups excluding carboxylic acids is 1. The molecule has 186 valence electrons. The second-order valence-corrected chi connectivity index (χ2v) is 8.06. The Morgan fingerprint density at radius 1 is 0.889 bits per heavy atom. The molecule has 1 aromatic heterocycles. The lowest BCUT2D eigenvalue weighted by molar-refractivity contribution is -0.139. The molecule has 0 fully saturated rings. The van der Waals surface area contributed by atoms with Crippen molar-refractivity contribution < 1.29 is 28.2 Å². The SMILES string of the molecule is CCOc1ccc(OCc2ccc(OCc3nc(-c4ccccc4)oc3C)cc2)cc1CC(=O)OC. The number of rotatable bonds is 11. The van der Waals surface area contributed by atoms with E-state index >= 15 is 0 Å². The number of methoxy groups -OCH3 is 1. The molecule has 0 aliphatic heterocycles. The maximum atomic E-state index is 11.7. The number of benzene rings is 3. The van der Waals surface area contributed by atoms with Crippen molar-refractivity contribution in [1.29, 1.82) is 0 Å². The van der Waals surface area contributed by atoms with E-state index in [4.69, 9.17) is 23.4 Å². The summed E-state index contributed by atoms with van der Waals surface area (Å²) in [4.78, 5) is 16.3. The van der Waals surface area contributed by atoms with Crippen molar-refractivity contribution in [2.75, 3.05) is 13.7 Å². The van der Waals surface area contributed by atoms with Gasteiger partial charge < -0.3 is 23.4 Å². The third-order valence-corrected chi connectivity index (χ3v) is 5.51. The number of hydrogen-bond acceptors (Lipinski definition) is 7. The van der Waals surface area contributed by atoms with Crippen LogP contribution in [0.5, 0.6) is 17.2 Å². The smallest absolute Gasteiger partial charge is 0.310 e. The van der Waals surface area contributed by atoms with Crippen molar-refractivity contribution in [1.82, 2.24) is 4.98 Å². The van der Waals surface area contributed by atoms with E-state index in [1.807, 2.05) is 86.6 Å². The van der Waals surface area contributed by atoms with E-state index in [0.29, 0.717) is 37.2 Å². The molecule has 0 N–H and O–H groups in total. The Hall–Kier alpha value is -4.26. The molecule has 0 aliphatic carbocycles. The van der Waals surface area contributed by atoms with Gasteiger partial charge in [0, 0.05) is 11.1 Å². The van der Waals surface area contributed by atoms with E-state index in [-0.39, 0.29) is 12.4 Å². The molecular weight excluding hydrogens is 458 g/mol. The zero-order valence-corrected chi connectivity index (χ0v) is 20.7. The van der Waals surface area contributed by atoms with Gasteiger partial charge in [-0.05, 0) is 61.9 Å². The average Bonchev–Trinajstić information content (AvgIpc) is 3.29. The largest absolute Gasteiger partial charge is 0.494 e. The lowest BCUT2D eigenvalue weighted by Gasteiger charge is -2.13. The number of aromatic nitrogens is 1. The molecule has 0 saturated heterocycles. The molecule has 0 amide bonds. The molecule has 3 aromatic carbocycles. The Kier molecular flexibility index (Phi) is 8.24. The van der Waals surface area contributed by atoms with Crippen LogP contribution in [-0.4, -0.2) is 24.7 Å². The van der Waals surface area contributed by atoms with E-state index in [0.717, 1.165) is 33.9 Å². The van der Waals surface area contributed by atoms with Crippen LogP contribution in [0.2, 0.25) is 0 Å². The Morgan fingerprint density at radius 3 is 2.33 bits per heavy atom. The lowest BCUT2D eigenvalue weighted by Crippen LogP contribution is -2.07. The number of ether oxygens (including phenoxy) is 4.